The Hall–Kier alpha value is -1.09. The molecule has 19 heavy (non-hydrogen) atoms. The summed E-state index contributed by atoms with van der Waals surface area (Å²) in [6.07, 6.45) is 4.41. The van der Waals surface area contributed by atoms with Crippen LogP contribution in [0.25, 0.3) is 0 Å². The second-order valence-electron chi connectivity index (χ2n) is 5.47. The number of rotatable bonds is 2. The molecule has 1 aromatic carbocycles. The molecule has 1 saturated carbocycles. The van der Waals surface area contributed by atoms with Crippen molar-refractivity contribution in [3.05, 3.63) is 40.6 Å². The zero-order chi connectivity index (χ0) is 13.4. The number of carbonyl (C=O) groups is 1. The molecule has 100 valence electrons. The van der Waals surface area contributed by atoms with Crippen LogP contribution in [-0.2, 0) is 4.79 Å². The van der Waals surface area contributed by atoms with E-state index in [2.05, 4.69) is 0 Å². The van der Waals surface area contributed by atoms with Crippen LogP contribution in [-0.4, -0.2) is 5.78 Å². The van der Waals surface area contributed by atoms with E-state index in [9.17, 15) is 9.18 Å². The molecule has 0 spiro atoms. The molecule has 3 heteroatoms. The molecule has 2 unspecified atom stereocenters. The van der Waals surface area contributed by atoms with Crippen LogP contribution in [0.15, 0.2) is 39.6 Å². The van der Waals surface area contributed by atoms with Crippen molar-refractivity contribution in [3.63, 3.8) is 0 Å². The Labute approximate surface area is 117 Å². The minimum absolute atomic E-state index is 0.215. The van der Waals surface area contributed by atoms with E-state index in [1.807, 2.05) is 6.92 Å². The Kier molecular flexibility index (Phi) is 3.48. The summed E-state index contributed by atoms with van der Waals surface area (Å²) in [6, 6.07) is 6.54. The first-order valence-electron chi connectivity index (χ1n) is 6.83. The molecule has 2 bridgehead atoms. The molecule has 0 radical (unpaired) electrons. The van der Waals surface area contributed by atoms with Gasteiger partial charge in [0.15, 0.2) is 5.78 Å². The largest absolute Gasteiger partial charge is 0.294 e. The minimum Gasteiger partial charge on any atom is -0.294 e. The van der Waals surface area contributed by atoms with E-state index in [0.717, 1.165) is 29.7 Å². The Bertz CT molecular complexity index is 532. The van der Waals surface area contributed by atoms with Crippen molar-refractivity contribution in [3.8, 4) is 0 Å². The first-order valence-corrected chi connectivity index (χ1v) is 7.65. The maximum atomic E-state index is 12.9. The van der Waals surface area contributed by atoms with Gasteiger partial charge in [0.1, 0.15) is 5.82 Å². The van der Waals surface area contributed by atoms with Crippen molar-refractivity contribution in [1.82, 2.24) is 0 Å². The van der Waals surface area contributed by atoms with Gasteiger partial charge < -0.3 is 0 Å². The van der Waals surface area contributed by atoms with Gasteiger partial charge >= 0.3 is 0 Å². The molecule has 0 saturated heterocycles. The average Bonchev–Trinajstić information content (AvgIpc) is 2.44. The SMILES string of the molecule is CC1=C(Sc2ccc(F)cc2)C2CCCC(C2)C1=O. The standard InChI is InChI=1S/C16H17FOS/c1-10-15(18)11-3-2-4-12(9-11)16(10)19-14-7-5-13(17)6-8-14/h5-8,11-12H,2-4,9H2,1H3. The molecule has 1 nitrogen and oxygen atoms in total. The van der Waals surface area contributed by atoms with Crippen LogP contribution >= 0.6 is 11.8 Å². The molecule has 0 aliphatic heterocycles. The van der Waals surface area contributed by atoms with Gasteiger partial charge in [0, 0.05) is 16.4 Å². The van der Waals surface area contributed by atoms with Crippen LogP contribution in [0.5, 0.6) is 0 Å². The lowest BCUT2D eigenvalue weighted by Crippen LogP contribution is -2.30. The molecule has 1 fully saturated rings. The van der Waals surface area contributed by atoms with Gasteiger partial charge in [-0.3, -0.25) is 4.79 Å². The highest BCUT2D eigenvalue weighted by Gasteiger charge is 2.36. The topological polar surface area (TPSA) is 17.1 Å². The molecule has 0 N–H and O–H groups in total. The second kappa shape index (κ2) is 5.12. The Balaban J connectivity index is 1.89. The van der Waals surface area contributed by atoms with Crippen LogP contribution in [0, 0.1) is 17.7 Å². The molecule has 2 aliphatic rings. The number of hydrogen-bond donors (Lipinski definition) is 0. The van der Waals surface area contributed by atoms with Gasteiger partial charge in [-0.25, -0.2) is 4.39 Å². The van der Waals surface area contributed by atoms with Gasteiger partial charge in [-0.05, 0) is 61.3 Å². The number of ketones is 1. The van der Waals surface area contributed by atoms with E-state index >= 15 is 0 Å². The predicted octanol–water partition coefficient (Wildman–Crippen LogP) is 4.58. The Morgan fingerprint density at radius 2 is 1.84 bits per heavy atom. The van der Waals surface area contributed by atoms with Gasteiger partial charge in [-0.2, -0.15) is 0 Å². The van der Waals surface area contributed by atoms with E-state index in [-0.39, 0.29) is 11.7 Å². The summed E-state index contributed by atoms with van der Waals surface area (Å²) in [5, 5.41) is 0. The van der Waals surface area contributed by atoms with Gasteiger partial charge in [-0.15, -0.1) is 0 Å². The highest BCUT2D eigenvalue weighted by molar-refractivity contribution is 8.03. The van der Waals surface area contributed by atoms with Crippen LogP contribution in [0.4, 0.5) is 4.39 Å². The minimum atomic E-state index is -0.215. The summed E-state index contributed by atoms with van der Waals surface area (Å²) < 4.78 is 12.9. The maximum Gasteiger partial charge on any atom is 0.162 e. The molecule has 0 amide bonds. The van der Waals surface area contributed by atoms with Crippen LogP contribution in [0.2, 0.25) is 0 Å². The number of halogens is 1. The predicted molar refractivity (Wildman–Crippen MR) is 75.4 cm³/mol. The molecule has 0 aromatic heterocycles. The molecule has 3 rings (SSSR count). The van der Waals surface area contributed by atoms with Gasteiger partial charge in [-0.1, -0.05) is 18.2 Å². The third-order valence-corrected chi connectivity index (χ3v) is 5.56. The van der Waals surface area contributed by atoms with Crippen LogP contribution < -0.4 is 0 Å². The third-order valence-electron chi connectivity index (χ3n) is 4.20. The molecule has 1 aromatic rings. The monoisotopic (exact) mass is 276 g/mol. The highest BCUT2D eigenvalue weighted by atomic mass is 32.2. The molecular formula is C16H17FOS. The smallest absolute Gasteiger partial charge is 0.162 e. The van der Waals surface area contributed by atoms with Crippen molar-refractivity contribution < 1.29 is 9.18 Å². The lowest BCUT2D eigenvalue weighted by atomic mass is 9.73. The average molecular weight is 276 g/mol. The zero-order valence-corrected chi connectivity index (χ0v) is 11.8. The van der Waals surface area contributed by atoms with Crippen molar-refractivity contribution in [1.29, 1.82) is 0 Å². The summed E-state index contributed by atoms with van der Waals surface area (Å²) in [5.41, 5.74) is 0.940. The number of benzene rings is 1. The van der Waals surface area contributed by atoms with E-state index in [4.69, 9.17) is 0 Å². The third kappa shape index (κ3) is 2.48. The molecule has 2 aliphatic carbocycles. The number of fused-ring (bicyclic) bond motifs is 2. The van der Waals surface area contributed by atoms with E-state index in [1.165, 1.54) is 23.5 Å². The van der Waals surface area contributed by atoms with Crippen molar-refractivity contribution in [2.75, 3.05) is 0 Å². The number of thioether (sulfide) groups is 1. The van der Waals surface area contributed by atoms with E-state index < -0.39 is 0 Å². The fraction of sp³-hybridized carbons (Fsp3) is 0.438. The van der Waals surface area contributed by atoms with Gasteiger partial charge in [0.2, 0.25) is 0 Å². The molecular weight excluding hydrogens is 259 g/mol. The fourth-order valence-corrected chi connectivity index (χ4v) is 4.35. The number of hydrogen-bond acceptors (Lipinski definition) is 2. The normalized spacial score (nSPS) is 26.7. The summed E-state index contributed by atoms with van der Waals surface area (Å²) >= 11 is 1.65. The van der Waals surface area contributed by atoms with Crippen molar-refractivity contribution in [2.45, 2.75) is 37.5 Å². The molecule has 2 atom stereocenters. The molecule has 0 heterocycles. The summed E-state index contributed by atoms with van der Waals surface area (Å²) in [5.74, 6) is 0.913. The summed E-state index contributed by atoms with van der Waals surface area (Å²) in [4.78, 5) is 14.5. The quantitative estimate of drug-likeness (QED) is 0.786. The summed E-state index contributed by atoms with van der Waals surface area (Å²) in [6.45, 7) is 1.96. The second-order valence-corrected chi connectivity index (χ2v) is 6.59. The number of carbonyl (C=O) groups excluding carboxylic acids is 1. The zero-order valence-electron chi connectivity index (χ0n) is 11.0. The Morgan fingerprint density at radius 3 is 2.58 bits per heavy atom. The first-order chi connectivity index (χ1) is 9.15. The van der Waals surface area contributed by atoms with E-state index in [0.29, 0.717) is 11.7 Å². The van der Waals surface area contributed by atoms with Gasteiger partial charge in [0.25, 0.3) is 0 Å². The first kappa shape index (κ1) is 12.9. The van der Waals surface area contributed by atoms with Crippen LogP contribution in [0.1, 0.15) is 32.6 Å². The lowest BCUT2D eigenvalue weighted by Gasteiger charge is -2.35. The summed E-state index contributed by atoms with van der Waals surface area (Å²) in [7, 11) is 0. The number of Topliss-reactive ketones (excluding diaryl/α,β-unsaturated/α-hetero) is 1. The number of allylic oxidation sites excluding steroid dienone is 2. The van der Waals surface area contributed by atoms with Gasteiger partial charge in [0.05, 0.1) is 0 Å². The highest BCUT2D eigenvalue weighted by Crippen LogP contribution is 2.47. The fourth-order valence-electron chi connectivity index (χ4n) is 3.19. The van der Waals surface area contributed by atoms with E-state index in [1.54, 1.807) is 23.9 Å². The van der Waals surface area contributed by atoms with Crippen molar-refractivity contribution >= 4 is 17.5 Å². The van der Waals surface area contributed by atoms with Crippen molar-refractivity contribution in [2.24, 2.45) is 11.8 Å². The Morgan fingerprint density at radius 1 is 1.16 bits per heavy atom. The van der Waals surface area contributed by atoms with Crippen LogP contribution in [0.3, 0.4) is 0 Å². The lowest BCUT2D eigenvalue weighted by molar-refractivity contribution is -0.121. The maximum absolute atomic E-state index is 12.9.